The zero-order valence-corrected chi connectivity index (χ0v) is 13.5. The first-order valence-corrected chi connectivity index (χ1v) is 7.42. The minimum atomic E-state index is -1.05. The van der Waals surface area contributed by atoms with Crippen LogP contribution in [0.4, 0.5) is 5.95 Å². The van der Waals surface area contributed by atoms with E-state index in [1.807, 2.05) is 25.1 Å². The molecule has 1 N–H and O–H groups in total. The van der Waals surface area contributed by atoms with E-state index in [9.17, 15) is 14.7 Å². The van der Waals surface area contributed by atoms with Crippen molar-refractivity contribution < 1.29 is 14.7 Å². The number of carbonyl (C=O) groups is 2. The Hall–Kier alpha value is -2.22. The van der Waals surface area contributed by atoms with Gasteiger partial charge in [0.05, 0.1) is 12.2 Å². The number of halogens is 1. The van der Waals surface area contributed by atoms with Gasteiger partial charge in [0.1, 0.15) is 10.3 Å². The third kappa shape index (κ3) is 2.19. The number of carboxylic acid groups (broad SMARTS) is 1. The van der Waals surface area contributed by atoms with Crippen molar-refractivity contribution in [3.05, 3.63) is 28.5 Å². The third-order valence-corrected chi connectivity index (χ3v) is 4.33. The SMILES string of the molecule is CC(=O)N1c2nc(-c3cccc(C)n3)c(Br)n2CC1C(=O)O. The first-order chi connectivity index (χ1) is 10.4. The van der Waals surface area contributed by atoms with Crippen LogP contribution in [0.5, 0.6) is 0 Å². The van der Waals surface area contributed by atoms with E-state index < -0.39 is 12.0 Å². The molecule has 1 aliphatic heterocycles. The fraction of sp³-hybridized carbons (Fsp3) is 0.286. The largest absolute Gasteiger partial charge is 0.480 e. The number of aromatic nitrogens is 3. The van der Waals surface area contributed by atoms with Gasteiger partial charge in [0.15, 0.2) is 6.04 Å². The van der Waals surface area contributed by atoms with E-state index in [1.54, 1.807) is 4.57 Å². The molecule has 22 heavy (non-hydrogen) atoms. The first-order valence-electron chi connectivity index (χ1n) is 6.63. The number of carboxylic acids is 1. The van der Waals surface area contributed by atoms with E-state index in [1.165, 1.54) is 11.8 Å². The monoisotopic (exact) mass is 364 g/mol. The number of hydrogen-bond donors (Lipinski definition) is 1. The normalized spacial score (nSPS) is 16.7. The van der Waals surface area contributed by atoms with Crippen LogP contribution in [0.25, 0.3) is 11.4 Å². The number of hydrogen-bond acceptors (Lipinski definition) is 4. The van der Waals surface area contributed by atoms with Crippen LogP contribution in [-0.2, 0) is 16.1 Å². The number of aryl methyl sites for hydroxylation is 1. The van der Waals surface area contributed by atoms with Crippen LogP contribution in [-0.4, -0.2) is 37.6 Å². The van der Waals surface area contributed by atoms with Crippen LogP contribution in [0.15, 0.2) is 22.8 Å². The lowest BCUT2D eigenvalue weighted by molar-refractivity contribution is -0.139. The van der Waals surface area contributed by atoms with E-state index in [0.717, 1.165) is 5.69 Å². The summed E-state index contributed by atoms with van der Waals surface area (Å²) in [5.41, 5.74) is 2.11. The van der Waals surface area contributed by atoms with Gasteiger partial charge < -0.3 is 9.67 Å². The van der Waals surface area contributed by atoms with E-state index in [0.29, 0.717) is 21.9 Å². The zero-order valence-electron chi connectivity index (χ0n) is 11.9. The predicted octanol–water partition coefficient (Wildman–Crippen LogP) is 1.84. The highest BCUT2D eigenvalue weighted by Crippen LogP contribution is 2.36. The van der Waals surface area contributed by atoms with Gasteiger partial charge in [-0.1, -0.05) is 6.07 Å². The lowest BCUT2D eigenvalue weighted by atomic mass is 10.2. The van der Waals surface area contributed by atoms with Gasteiger partial charge >= 0.3 is 5.97 Å². The second-order valence-corrected chi connectivity index (χ2v) is 5.82. The van der Waals surface area contributed by atoms with Gasteiger partial charge in [-0.25, -0.2) is 9.78 Å². The molecule has 1 unspecified atom stereocenters. The van der Waals surface area contributed by atoms with Crippen molar-refractivity contribution in [1.29, 1.82) is 0 Å². The number of nitrogens with zero attached hydrogens (tertiary/aromatic N) is 4. The zero-order chi connectivity index (χ0) is 16.0. The summed E-state index contributed by atoms with van der Waals surface area (Å²) in [7, 11) is 0. The molecular formula is C14H13BrN4O3. The molecule has 7 nitrogen and oxygen atoms in total. The van der Waals surface area contributed by atoms with Crippen molar-refractivity contribution in [2.45, 2.75) is 26.4 Å². The molecule has 0 radical (unpaired) electrons. The van der Waals surface area contributed by atoms with Gasteiger partial charge in [0.25, 0.3) is 0 Å². The van der Waals surface area contributed by atoms with Crippen molar-refractivity contribution in [1.82, 2.24) is 14.5 Å². The molecule has 0 bridgehead atoms. The molecule has 8 heteroatoms. The van der Waals surface area contributed by atoms with Crippen LogP contribution in [0.2, 0.25) is 0 Å². The predicted molar refractivity (Wildman–Crippen MR) is 82.5 cm³/mol. The Morgan fingerprint density at radius 2 is 2.09 bits per heavy atom. The topological polar surface area (TPSA) is 88.3 Å². The number of amides is 1. The quantitative estimate of drug-likeness (QED) is 0.877. The number of carbonyl (C=O) groups excluding carboxylic acids is 1. The van der Waals surface area contributed by atoms with Crippen molar-refractivity contribution in [3.8, 4) is 11.4 Å². The Bertz CT molecular complexity index is 786. The van der Waals surface area contributed by atoms with Crippen molar-refractivity contribution >= 4 is 33.8 Å². The summed E-state index contributed by atoms with van der Waals surface area (Å²) >= 11 is 3.45. The summed E-state index contributed by atoms with van der Waals surface area (Å²) in [6, 6.07) is 4.64. The highest BCUT2D eigenvalue weighted by atomic mass is 79.9. The summed E-state index contributed by atoms with van der Waals surface area (Å²) in [4.78, 5) is 33.2. The fourth-order valence-corrected chi connectivity index (χ4v) is 3.14. The third-order valence-electron chi connectivity index (χ3n) is 3.52. The van der Waals surface area contributed by atoms with E-state index in [4.69, 9.17) is 0 Å². The lowest BCUT2D eigenvalue weighted by Gasteiger charge is -2.17. The molecule has 3 rings (SSSR count). The molecule has 1 aliphatic rings. The van der Waals surface area contributed by atoms with Crippen LogP contribution >= 0.6 is 15.9 Å². The van der Waals surface area contributed by atoms with E-state index >= 15 is 0 Å². The molecule has 0 spiro atoms. The molecule has 1 amide bonds. The molecule has 0 saturated carbocycles. The van der Waals surface area contributed by atoms with Gasteiger partial charge in [-0.15, -0.1) is 0 Å². The average Bonchev–Trinajstić information content (AvgIpc) is 2.96. The molecule has 1 atom stereocenters. The minimum absolute atomic E-state index is 0.156. The number of pyridine rings is 1. The molecule has 2 aromatic heterocycles. The second-order valence-electron chi connectivity index (χ2n) is 5.07. The van der Waals surface area contributed by atoms with Crippen LogP contribution in [0.3, 0.4) is 0 Å². The van der Waals surface area contributed by atoms with Gasteiger partial charge in [-0.3, -0.25) is 14.7 Å². The average molecular weight is 365 g/mol. The number of aliphatic carboxylic acids is 1. The molecule has 0 saturated heterocycles. The first kappa shape index (κ1) is 14.7. The smallest absolute Gasteiger partial charge is 0.328 e. The summed E-state index contributed by atoms with van der Waals surface area (Å²) < 4.78 is 2.30. The highest BCUT2D eigenvalue weighted by molar-refractivity contribution is 9.10. The van der Waals surface area contributed by atoms with Crippen molar-refractivity contribution in [2.24, 2.45) is 0 Å². The second kappa shape index (κ2) is 5.20. The molecule has 2 aromatic rings. The van der Waals surface area contributed by atoms with E-state index in [2.05, 4.69) is 25.9 Å². The van der Waals surface area contributed by atoms with Crippen molar-refractivity contribution in [2.75, 3.05) is 4.90 Å². The van der Waals surface area contributed by atoms with Crippen LogP contribution < -0.4 is 4.90 Å². The molecule has 0 aromatic carbocycles. The van der Waals surface area contributed by atoms with E-state index in [-0.39, 0.29) is 12.5 Å². The minimum Gasteiger partial charge on any atom is -0.480 e. The van der Waals surface area contributed by atoms with Crippen LogP contribution in [0.1, 0.15) is 12.6 Å². The fourth-order valence-electron chi connectivity index (χ4n) is 2.55. The molecule has 3 heterocycles. The molecule has 114 valence electrons. The maximum absolute atomic E-state index is 11.8. The molecule has 0 fully saturated rings. The standard InChI is InChI=1S/C14H13BrN4O3/c1-7-4-3-5-9(16-7)11-12(15)18-6-10(13(21)22)19(8(2)20)14(18)17-11/h3-5,10H,6H2,1-2H3,(H,21,22). The number of fused-ring (bicyclic) bond motifs is 1. The lowest BCUT2D eigenvalue weighted by Crippen LogP contribution is -2.42. The summed E-state index contributed by atoms with van der Waals surface area (Å²) in [6.07, 6.45) is 0. The molecule has 0 aliphatic carbocycles. The summed E-state index contributed by atoms with van der Waals surface area (Å²) in [5.74, 6) is -1.08. The maximum Gasteiger partial charge on any atom is 0.328 e. The Labute approximate surface area is 134 Å². The molecular weight excluding hydrogens is 352 g/mol. The Morgan fingerprint density at radius 3 is 2.68 bits per heavy atom. The maximum atomic E-state index is 11.8. The van der Waals surface area contributed by atoms with Gasteiger partial charge in [0, 0.05) is 12.6 Å². The summed E-state index contributed by atoms with van der Waals surface area (Å²) in [5, 5.41) is 9.27. The van der Waals surface area contributed by atoms with Gasteiger partial charge in [-0.2, -0.15) is 0 Å². The van der Waals surface area contributed by atoms with Gasteiger partial charge in [0.2, 0.25) is 11.9 Å². The Kier molecular flexibility index (Phi) is 3.48. The Morgan fingerprint density at radius 1 is 1.36 bits per heavy atom. The number of anilines is 1. The van der Waals surface area contributed by atoms with Gasteiger partial charge in [-0.05, 0) is 35.0 Å². The number of imidazole rings is 1. The Balaban J connectivity index is 2.11. The van der Waals surface area contributed by atoms with Crippen molar-refractivity contribution in [3.63, 3.8) is 0 Å². The summed E-state index contributed by atoms with van der Waals surface area (Å²) in [6.45, 7) is 3.37. The van der Waals surface area contributed by atoms with Crippen LogP contribution in [0, 0.1) is 6.92 Å². The highest BCUT2D eigenvalue weighted by Gasteiger charge is 2.40. The number of rotatable bonds is 2.